The van der Waals surface area contributed by atoms with E-state index in [1.165, 1.54) is 0 Å². The fourth-order valence-corrected chi connectivity index (χ4v) is 0.531. The second kappa shape index (κ2) is 6.37. The lowest BCUT2D eigenvalue weighted by Crippen LogP contribution is -2.27. The van der Waals surface area contributed by atoms with Crippen LogP contribution in [0.1, 0.15) is 0 Å². The second-order valence-electron chi connectivity index (χ2n) is 2.19. The zero-order valence-corrected chi connectivity index (χ0v) is 6.92. The molecule has 0 rings (SSSR count). The highest BCUT2D eigenvalue weighted by atomic mass is 16.3. The molecule has 0 saturated carbocycles. The molecule has 0 aromatic rings. The van der Waals surface area contributed by atoms with Crippen LogP contribution < -0.4 is 5.32 Å². The number of aliphatic hydroxyl groups excluding tert-OH is 1. The SMILES string of the molecule is C=C/C=C\C(=C)CNC(=O)CO. The van der Waals surface area contributed by atoms with Crippen LogP contribution in [-0.4, -0.2) is 24.2 Å². The molecule has 0 radical (unpaired) electrons. The summed E-state index contributed by atoms with van der Waals surface area (Å²) in [5.41, 5.74) is 0.761. The third-order valence-corrected chi connectivity index (χ3v) is 1.12. The van der Waals surface area contributed by atoms with Crippen molar-refractivity contribution in [2.45, 2.75) is 0 Å². The minimum absolute atomic E-state index is 0.351. The van der Waals surface area contributed by atoms with Gasteiger partial charge in [-0.1, -0.05) is 31.4 Å². The van der Waals surface area contributed by atoms with E-state index in [9.17, 15) is 4.79 Å². The number of allylic oxidation sites excluding steroid dienone is 2. The maximum Gasteiger partial charge on any atom is 0.245 e. The van der Waals surface area contributed by atoms with Crippen molar-refractivity contribution >= 4 is 5.91 Å². The van der Waals surface area contributed by atoms with E-state index in [1.807, 2.05) is 0 Å². The number of rotatable bonds is 5. The first-order valence-corrected chi connectivity index (χ1v) is 3.55. The van der Waals surface area contributed by atoms with Crippen LogP contribution in [0.15, 0.2) is 37.0 Å². The largest absolute Gasteiger partial charge is 0.387 e. The van der Waals surface area contributed by atoms with Gasteiger partial charge in [0.2, 0.25) is 5.91 Å². The van der Waals surface area contributed by atoms with Crippen LogP contribution in [0.4, 0.5) is 0 Å². The normalized spacial score (nSPS) is 9.75. The van der Waals surface area contributed by atoms with Gasteiger partial charge in [0.15, 0.2) is 0 Å². The van der Waals surface area contributed by atoms with Crippen LogP contribution in [0.3, 0.4) is 0 Å². The van der Waals surface area contributed by atoms with Crippen molar-refractivity contribution in [3.05, 3.63) is 37.0 Å². The smallest absolute Gasteiger partial charge is 0.245 e. The predicted octanol–water partition coefficient (Wildman–Crippen LogP) is 0.393. The molecule has 2 N–H and O–H groups in total. The molecular formula is C9H13NO2. The summed E-state index contributed by atoms with van der Waals surface area (Å²) in [5, 5.41) is 10.8. The van der Waals surface area contributed by atoms with Crippen molar-refractivity contribution in [3.63, 3.8) is 0 Å². The third kappa shape index (κ3) is 5.44. The fourth-order valence-electron chi connectivity index (χ4n) is 0.531. The Kier molecular flexibility index (Phi) is 5.65. The highest BCUT2D eigenvalue weighted by Crippen LogP contribution is 1.89. The first-order chi connectivity index (χ1) is 5.70. The Bertz CT molecular complexity index is 207. The molecule has 3 nitrogen and oxygen atoms in total. The molecule has 0 aliphatic rings. The van der Waals surface area contributed by atoms with Crippen LogP contribution in [0.5, 0.6) is 0 Å². The third-order valence-electron chi connectivity index (χ3n) is 1.12. The van der Waals surface area contributed by atoms with E-state index >= 15 is 0 Å². The van der Waals surface area contributed by atoms with Gasteiger partial charge in [0.25, 0.3) is 0 Å². The minimum Gasteiger partial charge on any atom is -0.387 e. The van der Waals surface area contributed by atoms with Gasteiger partial charge in [0.1, 0.15) is 6.61 Å². The molecule has 0 aromatic heterocycles. The predicted molar refractivity (Wildman–Crippen MR) is 48.6 cm³/mol. The molecule has 0 heterocycles. The van der Waals surface area contributed by atoms with E-state index in [0.29, 0.717) is 6.54 Å². The molecule has 0 saturated heterocycles. The van der Waals surface area contributed by atoms with Crippen molar-refractivity contribution in [1.82, 2.24) is 5.32 Å². The van der Waals surface area contributed by atoms with E-state index in [-0.39, 0.29) is 0 Å². The summed E-state index contributed by atoms with van der Waals surface area (Å²) in [7, 11) is 0. The zero-order chi connectivity index (χ0) is 9.40. The van der Waals surface area contributed by atoms with Gasteiger partial charge in [0, 0.05) is 6.54 Å². The summed E-state index contributed by atoms with van der Waals surface area (Å²) in [5.74, 6) is -0.400. The van der Waals surface area contributed by atoms with Crippen molar-refractivity contribution in [2.75, 3.05) is 13.2 Å². The van der Waals surface area contributed by atoms with E-state index in [0.717, 1.165) is 5.57 Å². The highest BCUT2D eigenvalue weighted by Gasteiger charge is 1.95. The second-order valence-corrected chi connectivity index (χ2v) is 2.19. The van der Waals surface area contributed by atoms with Gasteiger partial charge < -0.3 is 10.4 Å². The van der Waals surface area contributed by atoms with Crippen molar-refractivity contribution < 1.29 is 9.90 Å². The van der Waals surface area contributed by atoms with Crippen LogP contribution >= 0.6 is 0 Å². The van der Waals surface area contributed by atoms with Crippen LogP contribution in [0, 0.1) is 0 Å². The topological polar surface area (TPSA) is 49.3 Å². The summed E-state index contributed by atoms with van der Waals surface area (Å²) in [6.07, 6.45) is 5.09. The van der Waals surface area contributed by atoms with Gasteiger partial charge in [-0.05, 0) is 5.57 Å². The van der Waals surface area contributed by atoms with E-state index in [4.69, 9.17) is 5.11 Å². The molecular weight excluding hydrogens is 154 g/mol. The Morgan fingerprint density at radius 2 is 2.25 bits per heavy atom. The number of hydrogen-bond donors (Lipinski definition) is 2. The average molecular weight is 167 g/mol. The van der Waals surface area contributed by atoms with Gasteiger partial charge in [-0.3, -0.25) is 4.79 Å². The Morgan fingerprint density at radius 1 is 1.58 bits per heavy atom. The molecule has 0 atom stereocenters. The van der Waals surface area contributed by atoms with Gasteiger partial charge in [-0.25, -0.2) is 0 Å². The van der Waals surface area contributed by atoms with Crippen molar-refractivity contribution in [2.24, 2.45) is 0 Å². The van der Waals surface area contributed by atoms with Gasteiger partial charge in [0.05, 0.1) is 0 Å². The minimum atomic E-state index is -0.488. The quantitative estimate of drug-likeness (QED) is 0.582. The van der Waals surface area contributed by atoms with Crippen LogP contribution in [-0.2, 0) is 4.79 Å². The van der Waals surface area contributed by atoms with Crippen molar-refractivity contribution in [1.29, 1.82) is 0 Å². The number of aliphatic hydroxyl groups is 1. The van der Waals surface area contributed by atoms with Crippen LogP contribution in [0.2, 0.25) is 0 Å². The average Bonchev–Trinajstić information content (AvgIpc) is 2.10. The molecule has 0 unspecified atom stereocenters. The summed E-state index contributed by atoms with van der Waals surface area (Å²) < 4.78 is 0. The Labute approximate surface area is 72.1 Å². The zero-order valence-electron chi connectivity index (χ0n) is 6.92. The summed E-state index contributed by atoms with van der Waals surface area (Å²) in [6.45, 7) is 7.02. The number of hydrogen-bond acceptors (Lipinski definition) is 2. The first kappa shape index (κ1) is 10.7. The maximum absolute atomic E-state index is 10.5. The fraction of sp³-hybridized carbons (Fsp3) is 0.222. The highest BCUT2D eigenvalue weighted by molar-refractivity contribution is 5.77. The van der Waals surface area contributed by atoms with E-state index < -0.39 is 12.5 Å². The Morgan fingerprint density at radius 3 is 2.75 bits per heavy atom. The standard InChI is InChI=1S/C9H13NO2/c1-3-4-5-8(2)6-10-9(12)7-11/h3-5,11H,1-2,6-7H2,(H,10,12)/b5-4-. The lowest BCUT2D eigenvalue weighted by Gasteiger charge is -2.01. The monoisotopic (exact) mass is 167 g/mol. The van der Waals surface area contributed by atoms with Gasteiger partial charge in [-0.2, -0.15) is 0 Å². The lowest BCUT2D eigenvalue weighted by molar-refractivity contribution is -0.123. The lowest BCUT2D eigenvalue weighted by atomic mass is 10.2. The molecule has 0 aliphatic heterocycles. The Hall–Kier alpha value is -1.35. The van der Waals surface area contributed by atoms with Crippen LogP contribution in [0.25, 0.3) is 0 Å². The molecule has 1 amide bonds. The molecule has 66 valence electrons. The maximum atomic E-state index is 10.5. The van der Waals surface area contributed by atoms with E-state index in [1.54, 1.807) is 18.2 Å². The molecule has 0 spiro atoms. The first-order valence-electron chi connectivity index (χ1n) is 3.55. The molecule has 3 heteroatoms. The number of carbonyl (C=O) groups is 1. The summed E-state index contributed by atoms with van der Waals surface area (Å²) in [4.78, 5) is 10.5. The number of amides is 1. The molecule has 0 aromatic carbocycles. The molecule has 0 bridgehead atoms. The Balaban J connectivity index is 3.64. The summed E-state index contributed by atoms with van der Waals surface area (Å²) >= 11 is 0. The molecule has 0 aliphatic carbocycles. The molecule has 0 fully saturated rings. The molecule has 12 heavy (non-hydrogen) atoms. The number of nitrogens with one attached hydrogen (secondary N) is 1. The van der Waals surface area contributed by atoms with E-state index in [2.05, 4.69) is 18.5 Å². The number of carbonyl (C=O) groups excluding carboxylic acids is 1. The van der Waals surface area contributed by atoms with Gasteiger partial charge in [-0.15, -0.1) is 0 Å². The van der Waals surface area contributed by atoms with Gasteiger partial charge >= 0.3 is 0 Å². The van der Waals surface area contributed by atoms with Crippen molar-refractivity contribution in [3.8, 4) is 0 Å². The summed E-state index contributed by atoms with van der Waals surface area (Å²) in [6, 6.07) is 0.